The average molecular weight is 692 g/mol. The first-order chi connectivity index (χ1) is 25.2. The molecule has 0 N–H and O–H groups in total. The molecule has 242 valence electrons. The van der Waals surface area contributed by atoms with E-state index in [1.54, 1.807) is 0 Å². The molecule has 0 saturated heterocycles. The van der Waals surface area contributed by atoms with E-state index in [1.165, 1.54) is 20.7 Å². The summed E-state index contributed by atoms with van der Waals surface area (Å²) >= 11 is 6.75. The van der Waals surface area contributed by atoms with E-state index in [4.69, 9.17) is 26.0 Å². The molecule has 0 aliphatic rings. The standard InChI is InChI=1S/C45H30ClN3OSi/c46-45-48-43(47-44(49-45)38-25-11-10-24-36(38)37-27-15-29-41-42(37)39-26-12-13-28-40(39)50-41)31-16-14-23-35(30-31)51(32-17-4-1-5-18-32,33-19-6-2-7-20-33)34-21-8-3-9-22-34/h1-30H. The molecule has 0 bridgehead atoms. The van der Waals surface area contributed by atoms with E-state index in [1.807, 2.05) is 48.5 Å². The van der Waals surface area contributed by atoms with Crippen molar-refractivity contribution in [1.82, 2.24) is 15.0 Å². The molecule has 0 fully saturated rings. The van der Waals surface area contributed by atoms with Crippen LogP contribution in [0.2, 0.25) is 5.28 Å². The molecule has 9 aromatic rings. The van der Waals surface area contributed by atoms with Gasteiger partial charge in [0.05, 0.1) is 0 Å². The molecule has 0 aliphatic heterocycles. The minimum Gasteiger partial charge on any atom is -0.456 e. The Kier molecular flexibility index (Phi) is 7.84. The number of rotatable bonds is 7. The third-order valence-electron chi connectivity index (χ3n) is 9.64. The van der Waals surface area contributed by atoms with Crippen LogP contribution in [0, 0.1) is 0 Å². The fraction of sp³-hybridized carbons (Fsp3) is 0. The zero-order valence-electron chi connectivity index (χ0n) is 27.4. The smallest absolute Gasteiger partial charge is 0.226 e. The number of furan rings is 1. The molecule has 0 amide bonds. The van der Waals surface area contributed by atoms with Crippen molar-refractivity contribution in [2.45, 2.75) is 0 Å². The summed E-state index contributed by atoms with van der Waals surface area (Å²) < 4.78 is 6.23. The lowest BCUT2D eigenvalue weighted by Crippen LogP contribution is -2.74. The summed E-state index contributed by atoms with van der Waals surface area (Å²) in [7, 11) is -2.76. The van der Waals surface area contributed by atoms with Gasteiger partial charge in [-0.25, -0.2) is 4.98 Å². The summed E-state index contributed by atoms with van der Waals surface area (Å²) in [6, 6.07) is 63.7. The maximum absolute atomic E-state index is 6.75. The molecular formula is C45H30ClN3OSi. The van der Waals surface area contributed by atoms with Gasteiger partial charge in [0.15, 0.2) is 19.7 Å². The molecular weight excluding hydrogens is 662 g/mol. The normalized spacial score (nSPS) is 11.6. The molecule has 9 rings (SSSR count). The van der Waals surface area contributed by atoms with E-state index in [0.29, 0.717) is 11.6 Å². The number of benzene rings is 7. The van der Waals surface area contributed by atoms with E-state index in [2.05, 4.69) is 138 Å². The van der Waals surface area contributed by atoms with Crippen molar-refractivity contribution in [3.05, 3.63) is 187 Å². The molecule has 0 spiro atoms. The van der Waals surface area contributed by atoms with Crippen LogP contribution in [0.1, 0.15) is 0 Å². The highest BCUT2D eigenvalue weighted by molar-refractivity contribution is 7.19. The second-order valence-electron chi connectivity index (χ2n) is 12.5. The van der Waals surface area contributed by atoms with Crippen LogP contribution in [0.3, 0.4) is 0 Å². The molecule has 2 heterocycles. The molecule has 0 atom stereocenters. The van der Waals surface area contributed by atoms with Gasteiger partial charge in [-0.3, -0.25) is 0 Å². The first kappa shape index (κ1) is 30.9. The van der Waals surface area contributed by atoms with Crippen molar-refractivity contribution in [1.29, 1.82) is 0 Å². The quantitative estimate of drug-likeness (QED) is 0.124. The van der Waals surface area contributed by atoms with Crippen LogP contribution in [0.4, 0.5) is 0 Å². The average Bonchev–Trinajstić information content (AvgIpc) is 3.59. The van der Waals surface area contributed by atoms with Crippen LogP contribution in [0.5, 0.6) is 0 Å². The van der Waals surface area contributed by atoms with Gasteiger partial charge in [-0.1, -0.05) is 170 Å². The van der Waals surface area contributed by atoms with Crippen molar-refractivity contribution >= 4 is 62.4 Å². The Morgan fingerprint density at radius 3 is 1.61 bits per heavy atom. The third-order valence-corrected chi connectivity index (χ3v) is 14.6. The molecule has 0 aliphatic carbocycles. The highest BCUT2D eigenvalue weighted by Crippen LogP contribution is 2.40. The van der Waals surface area contributed by atoms with Gasteiger partial charge in [0.1, 0.15) is 11.2 Å². The number of nitrogens with zero attached hydrogens (tertiary/aromatic N) is 3. The highest BCUT2D eigenvalue weighted by atomic mass is 35.5. The fourth-order valence-electron chi connectivity index (χ4n) is 7.47. The van der Waals surface area contributed by atoms with E-state index < -0.39 is 8.07 Å². The minimum atomic E-state index is -2.76. The lowest BCUT2D eigenvalue weighted by atomic mass is 9.95. The number of aromatic nitrogens is 3. The maximum atomic E-state index is 6.75. The Morgan fingerprint density at radius 2 is 0.922 bits per heavy atom. The largest absolute Gasteiger partial charge is 0.456 e. The van der Waals surface area contributed by atoms with Crippen molar-refractivity contribution in [3.63, 3.8) is 0 Å². The van der Waals surface area contributed by atoms with Gasteiger partial charge < -0.3 is 4.42 Å². The van der Waals surface area contributed by atoms with Crippen molar-refractivity contribution < 1.29 is 4.42 Å². The van der Waals surface area contributed by atoms with Gasteiger partial charge in [0.25, 0.3) is 0 Å². The zero-order chi connectivity index (χ0) is 34.2. The number of para-hydroxylation sites is 1. The van der Waals surface area contributed by atoms with Crippen LogP contribution in [0.15, 0.2) is 186 Å². The van der Waals surface area contributed by atoms with Crippen LogP contribution in [-0.4, -0.2) is 23.0 Å². The molecule has 51 heavy (non-hydrogen) atoms. The maximum Gasteiger partial charge on any atom is 0.226 e. The van der Waals surface area contributed by atoms with Gasteiger partial charge in [0, 0.05) is 21.9 Å². The van der Waals surface area contributed by atoms with E-state index >= 15 is 0 Å². The molecule has 0 unspecified atom stereocenters. The number of fused-ring (bicyclic) bond motifs is 3. The first-order valence-electron chi connectivity index (χ1n) is 16.9. The number of hydrogen-bond donors (Lipinski definition) is 0. The Bertz CT molecular complexity index is 2570. The molecule has 0 saturated carbocycles. The molecule has 2 aromatic heterocycles. The summed E-state index contributed by atoms with van der Waals surface area (Å²) in [4.78, 5) is 14.5. The van der Waals surface area contributed by atoms with Crippen molar-refractivity contribution in [3.8, 4) is 33.9 Å². The predicted molar refractivity (Wildman–Crippen MR) is 212 cm³/mol. The summed E-state index contributed by atoms with van der Waals surface area (Å²) in [6.45, 7) is 0. The minimum absolute atomic E-state index is 0.139. The molecule has 4 nitrogen and oxygen atoms in total. The Balaban J connectivity index is 1.23. The summed E-state index contributed by atoms with van der Waals surface area (Å²) in [5.41, 5.74) is 5.44. The summed E-state index contributed by atoms with van der Waals surface area (Å²) in [5, 5.41) is 7.36. The fourth-order valence-corrected chi connectivity index (χ4v) is 12.4. The Labute approximate surface area is 301 Å². The summed E-state index contributed by atoms with van der Waals surface area (Å²) in [6.07, 6.45) is 0. The SMILES string of the molecule is Clc1nc(-c2cccc([Si](c3ccccc3)(c3ccccc3)c3ccccc3)c2)nc(-c2ccccc2-c2cccc3oc4ccccc4c23)n1. The zero-order valence-corrected chi connectivity index (χ0v) is 29.2. The van der Waals surface area contributed by atoms with E-state index in [9.17, 15) is 0 Å². The molecule has 0 radical (unpaired) electrons. The van der Waals surface area contributed by atoms with Crippen LogP contribution < -0.4 is 20.7 Å². The second kappa shape index (κ2) is 13.0. The monoisotopic (exact) mass is 691 g/mol. The number of hydrogen-bond acceptors (Lipinski definition) is 4. The lowest BCUT2D eigenvalue weighted by molar-refractivity contribution is 0.669. The van der Waals surface area contributed by atoms with Gasteiger partial charge in [-0.05, 0) is 55.6 Å². The van der Waals surface area contributed by atoms with Crippen molar-refractivity contribution in [2.75, 3.05) is 0 Å². The second-order valence-corrected chi connectivity index (χ2v) is 16.7. The van der Waals surface area contributed by atoms with Crippen LogP contribution in [0.25, 0.3) is 55.8 Å². The van der Waals surface area contributed by atoms with Gasteiger partial charge in [0.2, 0.25) is 5.28 Å². The number of halogens is 1. The summed E-state index contributed by atoms with van der Waals surface area (Å²) in [5.74, 6) is 1.03. The molecule has 7 aromatic carbocycles. The van der Waals surface area contributed by atoms with Gasteiger partial charge in [-0.2, -0.15) is 9.97 Å². The lowest BCUT2D eigenvalue weighted by Gasteiger charge is -2.34. The van der Waals surface area contributed by atoms with E-state index in [-0.39, 0.29) is 5.28 Å². The van der Waals surface area contributed by atoms with Gasteiger partial charge in [-0.15, -0.1) is 0 Å². The highest BCUT2D eigenvalue weighted by Gasteiger charge is 2.41. The van der Waals surface area contributed by atoms with Gasteiger partial charge >= 0.3 is 0 Å². The topological polar surface area (TPSA) is 51.8 Å². The van der Waals surface area contributed by atoms with Crippen LogP contribution >= 0.6 is 11.6 Å². The van der Waals surface area contributed by atoms with E-state index in [0.717, 1.165) is 44.2 Å². The molecule has 6 heteroatoms. The van der Waals surface area contributed by atoms with Crippen molar-refractivity contribution in [2.24, 2.45) is 0 Å². The predicted octanol–water partition coefficient (Wildman–Crippen LogP) is 8.80. The van der Waals surface area contributed by atoms with Crippen LogP contribution in [-0.2, 0) is 0 Å². The first-order valence-corrected chi connectivity index (χ1v) is 19.3. The Hall–Kier alpha value is -6.14. The third kappa shape index (κ3) is 5.35. The Morgan fingerprint density at radius 1 is 0.412 bits per heavy atom.